The standard InChI is InChI=1S/C14H17BP/c1-12-7-6-10-14(2,11-12)16-15-13-8-4-3-5-9-13/h3-10,16H,11H2,1-2H3. The highest BCUT2D eigenvalue weighted by molar-refractivity contribution is 7.74. The van der Waals surface area contributed by atoms with E-state index in [9.17, 15) is 0 Å². The van der Waals surface area contributed by atoms with E-state index in [1.54, 1.807) is 0 Å². The van der Waals surface area contributed by atoms with Crippen molar-refractivity contribution < 1.29 is 0 Å². The van der Waals surface area contributed by atoms with Gasteiger partial charge in [0.25, 0.3) is 0 Å². The second-order valence-electron chi connectivity index (χ2n) is 4.67. The Bertz CT molecular complexity index is 408. The highest BCUT2D eigenvalue weighted by Crippen LogP contribution is 2.39. The number of hydrogen-bond acceptors (Lipinski definition) is 0. The zero-order valence-corrected chi connectivity index (χ0v) is 10.9. The quantitative estimate of drug-likeness (QED) is 0.549. The van der Waals surface area contributed by atoms with E-state index in [1.165, 1.54) is 17.5 Å². The highest BCUT2D eigenvalue weighted by atomic mass is 31.1. The first kappa shape index (κ1) is 11.7. The lowest BCUT2D eigenvalue weighted by Gasteiger charge is -2.29. The molecule has 2 unspecified atom stereocenters. The molecule has 0 nitrogen and oxygen atoms in total. The van der Waals surface area contributed by atoms with Gasteiger partial charge in [0.05, 0.1) is 0 Å². The van der Waals surface area contributed by atoms with E-state index in [4.69, 9.17) is 0 Å². The lowest BCUT2D eigenvalue weighted by atomic mass is 9.94. The van der Waals surface area contributed by atoms with Crippen molar-refractivity contribution in [2.24, 2.45) is 0 Å². The van der Waals surface area contributed by atoms with Crippen LogP contribution in [0.5, 0.6) is 0 Å². The Kier molecular flexibility index (Phi) is 3.66. The van der Waals surface area contributed by atoms with E-state index >= 15 is 0 Å². The lowest BCUT2D eigenvalue weighted by molar-refractivity contribution is 0.762. The topological polar surface area (TPSA) is 0 Å². The van der Waals surface area contributed by atoms with E-state index in [2.05, 4.69) is 69.4 Å². The molecule has 0 bridgehead atoms. The molecular weight excluding hydrogens is 210 g/mol. The zero-order valence-electron chi connectivity index (χ0n) is 9.90. The molecule has 0 saturated heterocycles. The fraction of sp³-hybridized carbons (Fsp3) is 0.286. The van der Waals surface area contributed by atoms with Gasteiger partial charge in [0.2, 0.25) is 0 Å². The minimum absolute atomic E-state index is 0.328. The van der Waals surface area contributed by atoms with Crippen LogP contribution in [-0.4, -0.2) is 12.2 Å². The summed E-state index contributed by atoms with van der Waals surface area (Å²) in [6.45, 7) is 6.93. The molecule has 0 amide bonds. The predicted octanol–water partition coefficient (Wildman–Crippen LogP) is 3.27. The first-order valence-electron chi connectivity index (χ1n) is 5.69. The number of benzene rings is 1. The van der Waals surface area contributed by atoms with Gasteiger partial charge in [0.1, 0.15) is 0 Å². The van der Waals surface area contributed by atoms with Gasteiger partial charge < -0.3 is 0 Å². The summed E-state index contributed by atoms with van der Waals surface area (Å²) in [6.07, 6.45) is 7.95. The zero-order chi connectivity index (χ0) is 11.4. The van der Waals surface area contributed by atoms with Gasteiger partial charge in [-0.1, -0.05) is 66.5 Å². The number of rotatable bonds is 3. The van der Waals surface area contributed by atoms with Crippen molar-refractivity contribution in [3.8, 4) is 0 Å². The van der Waals surface area contributed by atoms with E-state index in [1.807, 2.05) is 0 Å². The predicted molar refractivity (Wildman–Crippen MR) is 76.1 cm³/mol. The molecule has 1 radical (unpaired) electrons. The smallest absolute Gasteiger partial charge is 0.146 e. The fourth-order valence-electron chi connectivity index (χ4n) is 2.02. The van der Waals surface area contributed by atoms with Gasteiger partial charge in [0, 0.05) is 0 Å². The molecular formula is C14H17BP. The van der Waals surface area contributed by atoms with Crippen molar-refractivity contribution in [3.63, 3.8) is 0 Å². The van der Waals surface area contributed by atoms with Gasteiger partial charge in [-0.05, 0) is 18.5 Å². The molecule has 0 N–H and O–H groups in total. The van der Waals surface area contributed by atoms with E-state index in [0.717, 1.165) is 8.46 Å². The molecule has 2 rings (SSSR count). The maximum Gasteiger partial charge on any atom is 0.183 e. The maximum atomic E-state index is 2.36. The molecule has 81 valence electrons. The third-order valence-electron chi connectivity index (χ3n) is 2.86. The average molecular weight is 227 g/mol. The van der Waals surface area contributed by atoms with Crippen molar-refractivity contribution in [2.45, 2.75) is 25.4 Å². The molecule has 1 aromatic rings. The molecule has 2 atom stereocenters. The van der Waals surface area contributed by atoms with Crippen LogP contribution >= 0.6 is 8.46 Å². The van der Waals surface area contributed by atoms with Crippen molar-refractivity contribution in [1.29, 1.82) is 0 Å². The first-order valence-corrected chi connectivity index (χ1v) is 6.77. The SMILES string of the molecule is CC1=CC=CC(C)(P[B]c2ccccc2)C1. The Morgan fingerprint density at radius 1 is 1.25 bits per heavy atom. The summed E-state index contributed by atoms with van der Waals surface area (Å²) in [7, 11) is 0.845. The van der Waals surface area contributed by atoms with Gasteiger partial charge in [-0.15, -0.1) is 8.46 Å². The molecule has 1 aromatic carbocycles. The summed E-state index contributed by atoms with van der Waals surface area (Å²) in [4.78, 5) is 0. The Hall–Kier alpha value is -0.805. The van der Waals surface area contributed by atoms with Crippen LogP contribution < -0.4 is 5.46 Å². The Morgan fingerprint density at radius 2 is 2.00 bits per heavy atom. The van der Waals surface area contributed by atoms with Crippen LogP contribution in [0.2, 0.25) is 0 Å². The minimum Gasteiger partial charge on any atom is -0.146 e. The normalized spacial score (nSPS) is 24.8. The van der Waals surface area contributed by atoms with Crippen molar-refractivity contribution in [2.75, 3.05) is 0 Å². The molecule has 0 heterocycles. The largest absolute Gasteiger partial charge is 0.183 e. The van der Waals surface area contributed by atoms with Crippen molar-refractivity contribution >= 4 is 20.9 Å². The molecule has 0 saturated carbocycles. The molecule has 0 aromatic heterocycles. The third kappa shape index (κ3) is 3.09. The van der Waals surface area contributed by atoms with Crippen molar-refractivity contribution in [1.82, 2.24) is 0 Å². The van der Waals surface area contributed by atoms with Gasteiger partial charge in [0.15, 0.2) is 7.00 Å². The molecule has 1 aliphatic rings. The summed E-state index contributed by atoms with van der Waals surface area (Å²) >= 11 is 0. The van der Waals surface area contributed by atoms with Crippen LogP contribution in [0.4, 0.5) is 0 Å². The average Bonchev–Trinajstić information content (AvgIpc) is 2.28. The fourth-order valence-corrected chi connectivity index (χ4v) is 3.28. The monoisotopic (exact) mass is 227 g/mol. The van der Waals surface area contributed by atoms with Crippen LogP contribution in [0.25, 0.3) is 0 Å². The Labute approximate surface area is 101 Å². The molecule has 16 heavy (non-hydrogen) atoms. The number of hydrogen-bond donors (Lipinski definition) is 0. The van der Waals surface area contributed by atoms with Gasteiger partial charge in [-0.2, -0.15) is 0 Å². The molecule has 0 aliphatic heterocycles. The van der Waals surface area contributed by atoms with Crippen LogP contribution in [0.15, 0.2) is 54.1 Å². The van der Waals surface area contributed by atoms with Gasteiger partial charge >= 0.3 is 0 Å². The lowest BCUT2D eigenvalue weighted by Crippen LogP contribution is -2.22. The molecule has 0 spiro atoms. The van der Waals surface area contributed by atoms with Gasteiger partial charge in [-0.25, -0.2) is 0 Å². The second kappa shape index (κ2) is 5.02. The van der Waals surface area contributed by atoms with Crippen LogP contribution in [0, 0.1) is 0 Å². The van der Waals surface area contributed by atoms with Crippen molar-refractivity contribution in [3.05, 3.63) is 54.1 Å². The van der Waals surface area contributed by atoms with E-state index < -0.39 is 0 Å². The maximum absolute atomic E-state index is 2.36. The molecule has 1 aliphatic carbocycles. The summed E-state index contributed by atoms with van der Waals surface area (Å²) in [5.41, 5.74) is 2.82. The summed E-state index contributed by atoms with van der Waals surface area (Å²) < 4.78 is 0. The Balaban J connectivity index is 1.96. The summed E-state index contributed by atoms with van der Waals surface area (Å²) in [5, 5.41) is 0.328. The van der Waals surface area contributed by atoms with Crippen LogP contribution in [0.1, 0.15) is 20.3 Å². The third-order valence-corrected chi connectivity index (χ3v) is 4.34. The number of allylic oxidation sites excluding steroid dienone is 4. The summed E-state index contributed by atoms with van der Waals surface area (Å²) in [6, 6.07) is 10.6. The van der Waals surface area contributed by atoms with Gasteiger partial charge in [-0.3, -0.25) is 0 Å². The summed E-state index contributed by atoms with van der Waals surface area (Å²) in [5.74, 6) is 0. The molecule has 2 heteroatoms. The Morgan fingerprint density at radius 3 is 2.69 bits per heavy atom. The highest BCUT2D eigenvalue weighted by Gasteiger charge is 2.22. The van der Waals surface area contributed by atoms with E-state index in [0.29, 0.717) is 5.16 Å². The van der Waals surface area contributed by atoms with Crippen LogP contribution in [0.3, 0.4) is 0 Å². The molecule has 0 fully saturated rings. The second-order valence-corrected chi connectivity index (χ2v) is 6.39. The van der Waals surface area contributed by atoms with E-state index in [-0.39, 0.29) is 0 Å². The van der Waals surface area contributed by atoms with Crippen LogP contribution in [-0.2, 0) is 0 Å². The first-order chi connectivity index (χ1) is 7.68. The minimum atomic E-state index is 0.328.